The summed E-state index contributed by atoms with van der Waals surface area (Å²) in [6, 6.07) is 0.231. The number of rotatable bonds is 3. The molecule has 2 amide bonds. The van der Waals surface area contributed by atoms with Gasteiger partial charge in [0.1, 0.15) is 0 Å². The first-order valence-corrected chi connectivity index (χ1v) is 5.99. The quantitative estimate of drug-likeness (QED) is 0.723. The van der Waals surface area contributed by atoms with Crippen molar-refractivity contribution >= 4 is 11.8 Å². The van der Waals surface area contributed by atoms with Gasteiger partial charge >= 0.3 is 0 Å². The van der Waals surface area contributed by atoms with E-state index in [1.54, 1.807) is 4.90 Å². The highest BCUT2D eigenvalue weighted by Gasteiger charge is 2.28. The largest absolute Gasteiger partial charge is 0.337 e. The van der Waals surface area contributed by atoms with Crippen molar-refractivity contribution in [2.24, 2.45) is 5.92 Å². The Balaban J connectivity index is 2.51. The van der Waals surface area contributed by atoms with Crippen molar-refractivity contribution in [1.82, 2.24) is 9.80 Å². The van der Waals surface area contributed by atoms with Crippen LogP contribution in [0.4, 0.5) is 0 Å². The van der Waals surface area contributed by atoms with Gasteiger partial charge in [0, 0.05) is 25.6 Å². The van der Waals surface area contributed by atoms with Crippen LogP contribution in [0.15, 0.2) is 0 Å². The Morgan fingerprint density at radius 3 is 2.31 bits per heavy atom. The van der Waals surface area contributed by atoms with Crippen molar-refractivity contribution in [1.29, 1.82) is 0 Å². The molecule has 1 saturated heterocycles. The van der Waals surface area contributed by atoms with Gasteiger partial charge in [0.15, 0.2) is 0 Å². The monoisotopic (exact) mass is 226 g/mol. The summed E-state index contributed by atoms with van der Waals surface area (Å²) in [5.74, 6) is 0.524. The maximum atomic E-state index is 11.8. The van der Waals surface area contributed by atoms with E-state index in [4.69, 9.17) is 0 Å². The van der Waals surface area contributed by atoms with Gasteiger partial charge in [0.25, 0.3) is 0 Å². The van der Waals surface area contributed by atoms with E-state index in [0.717, 1.165) is 0 Å². The average molecular weight is 226 g/mol. The number of carbonyl (C=O) groups excluding carboxylic acids is 2. The fourth-order valence-corrected chi connectivity index (χ4v) is 1.92. The van der Waals surface area contributed by atoms with Crippen molar-refractivity contribution in [2.75, 3.05) is 19.6 Å². The molecule has 0 saturated carbocycles. The maximum absolute atomic E-state index is 11.8. The lowest BCUT2D eigenvalue weighted by Crippen LogP contribution is -2.54. The maximum Gasteiger partial charge on any atom is 0.242 e. The van der Waals surface area contributed by atoms with Crippen LogP contribution in [0.5, 0.6) is 0 Å². The average Bonchev–Trinajstić information content (AvgIpc) is 2.15. The van der Waals surface area contributed by atoms with Crippen LogP contribution in [0.3, 0.4) is 0 Å². The number of hydrogen-bond donors (Lipinski definition) is 0. The zero-order chi connectivity index (χ0) is 12.3. The third-order valence-corrected chi connectivity index (χ3v) is 2.82. The first-order valence-electron chi connectivity index (χ1n) is 5.99. The minimum absolute atomic E-state index is 0.0679. The molecule has 4 heteroatoms. The van der Waals surface area contributed by atoms with Gasteiger partial charge in [-0.05, 0) is 19.8 Å². The number of piperazine rings is 1. The smallest absolute Gasteiger partial charge is 0.242 e. The number of nitrogens with zero attached hydrogens (tertiary/aromatic N) is 2. The van der Waals surface area contributed by atoms with Gasteiger partial charge in [-0.25, -0.2) is 0 Å². The predicted octanol–water partition coefficient (Wildman–Crippen LogP) is 1.11. The van der Waals surface area contributed by atoms with Gasteiger partial charge in [-0.2, -0.15) is 0 Å². The van der Waals surface area contributed by atoms with Gasteiger partial charge in [-0.3, -0.25) is 9.59 Å². The molecule has 92 valence electrons. The van der Waals surface area contributed by atoms with Crippen molar-refractivity contribution < 1.29 is 9.59 Å². The van der Waals surface area contributed by atoms with E-state index in [0.29, 0.717) is 25.4 Å². The molecule has 4 nitrogen and oxygen atoms in total. The summed E-state index contributed by atoms with van der Waals surface area (Å²) in [6.45, 7) is 9.64. The minimum atomic E-state index is 0.0679. The van der Waals surface area contributed by atoms with Gasteiger partial charge in [-0.1, -0.05) is 13.8 Å². The molecule has 16 heavy (non-hydrogen) atoms. The summed E-state index contributed by atoms with van der Waals surface area (Å²) in [4.78, 5) is 27.1. The van der Waals surface area contributed by atoms with Crippen molar-refractivity contribution in [3.05, 3.63) is 0 Å². The standard InChI is InChI=1S/C12H22N2O2/c1-9(2)7-11(15)13-5-6-14(10(3)4)12(16)8-13/h9-10H,5-8H2,1-4H3. The molecule has 1 aliphatic rings. The second-order valence-electron chi connectivity index (χ2n) is 5.09. The van der Waals surface area contributed by atoms with Gasteiger partial charge in [-0.15, -0.1) is 0 Å². The number of amides is 2. The van der Waals surface area contributed by atoms with Gasteiger partial charge in [0.05, 0.1) is 6.54 Å². The summed E-state index contributed by atoms with van der Waals surface area (Å²) in [6.07, 6.45) is 0.537. The number of carbonyl (C=O) groups is 2. The van der Waals surface area contributed by atoms with Crippen LogP contribution in [0.1, 0.15) is 34.1 Å². The van der Waals surface area contributed by atoms with E-state index >= 15 is 0 Å². The van der Waals surface area contributed by atoms with Gasteiger partial charge < -0.3 is 9.80 Å². The minimum Gasteiger partial charge on any atom is -0.337 e. The highest BCUT2D eigenvalue weighted by atomic mass is 16.2. The first kappa shape index (κ1) is 13.0. The molecule has 0 aromatic heterocycles. The van der Waals surface area contributed by atoms with Crippen LogP contribution in [0.2, 0.25) is 0 Å². The Morgan fingerprint density at radius 1 is 1.25 bits per heavy atom. The fourth-order valence-electron chi connectivity index (χ4n) is 1.92. The second-order valence-corrected chi connectivity index (χ2v) is 5.09. The first-order chi connectivity index (χ1) is 7.41. The summed E-state index contributed by atoms with van der Waals surface area (Å²) in [5.41, 5.74) is 0. The fraction of sp³-hybridized carbons (Fsp3) is 0.833. The molecule has 1 aliphatic heterocycles. The lowest BCUT2D eigenvalue weighted by molar-refractivity contribution is -0.147. The van der Waals surface area contributed by atoms with E-state index in [2.05, 4.69) is 0 Å². The van der Waals surface area contributed by atoms with Crippen LogP contribution < -0.4 is 0 Å². The van der Waals surface area contributed by atoms with E-state index in [1.807, 2.05) is 32.6 Å². The van der Waals surface area contributed by atoms with Crippen LogP contribution in [0, 0.1) is 5.92 Å². The lowest BCUT2D eigenvalue weighted by atomic mass is 10.1. The van der Waals surface area contributed by atoms with E-state index in [9.17, 15) is 9.59 Å². The molecule has 0 aromatic carbocycles. The number of hydrogen-bond acceptors (Lipinski definition) is 2. The second kappa shape index (κ2) is 5.32. The summed E-state index contributed by atoms with van der Waals surface area (Å²) < 4.78 is 0. The van der Waals surface area contributed by atoms with Crippen molar-refractivity contribution in [3.63, 3.8) is 0 Å². The molecule has 0 N–H and O–H groups in total. The zero-order valence-corrected chi connectivity index (χ0v) is 10.7. The zero-order valence-electron chi connectivity index (χ0n) is 10.7. The molecule has 1 heterocycles. The Kier molecular flexibility index (Phi) is 4.33. The lowest BCUT2D eigenvalue weighted by Gasteiger charge is -2.36. The molecule has 0 atom stereocenters. The highest BCUT2D eigenvalue weighted by molar-refractivity contribution is 5.86. The van der Waals surface area contributed by atoms with Crippen LogP contribution in [-0.4, -0.2) is 47.3 Å². The molecule has 0 unspecified atom stereocenters. The molecular weight excluding hydrogens is 204 g/mol. The van der Waals surface area contributed by atoms with Crippen molar-refractivity contribution in [2.45, 2.75) is 40.2 Å². The third-order valence-electron chi connectivity index (χ3n) is 2.82. The Labute approximate surface area is 97.6 Å². The van der Waals surface area contributed by atoms with Crippen molar-refractivity contribution in [3.8, 4) is 0 Å². The summed E-state index contributed by atoms with van der Waals surface area (Å²) >= 11 is 0. The Bertz CT molecular complexity index is 272. The topological polar surface area (TPSA) is 40.6 Å². The van der Waals surface area contributed by atoms with Crippen LogP contribution in [-0.2, 0) is 9.59 Å². The third kappa shape index (κ3) is 3.22. The predicted molar refractivity (Wildman–Crippen MR) is 62.9 cm³/mol. The SMILES string of the molecule is CC(C)CC(=O)N1CCN(C(C)C)C(=O)C1. The molecule has 0 aliphatic carbocycles. The summed E-state index contributed by atoms with van der Waals surface area (Å²) in [5, 5.41) is 0. The molecular formula is C12H22N2O2. The molecule has 1 rings (SSSR count). The highest BCUT2D eigenvalue weighted by Crippen LogP contribution is 2.10. The molecule has 0 aromatic rings. The van der Waals surface area contributed by atoms with E-state index < -0.39 is 0 Å². The molecule has 0 bridgehead atoms. The molecule has 0 spiro atoms. The molecule has 0 radical (unpaired) electrons. The van der Waals surface area contributed by atoms with Crippen LogP contribution >= 0.6 is 0 Å². The van der Waals surface area contributed by atoms with E-state index in [-0.39, 0.29) is 24.4 Å². The van der Waals surface area contributed by atoms with Gasteiger partial charge in [0.2, 0.25) is 11.8 Å². The molecule has 1 fully saturated rings. The summed E-state index contributed by atoms with van der Waals surface area (Å²) in [7, 11) is 0. The normalized spacial score (nSPS) is 17.5. The Hall–Kier alpha value is -1.06. The Morgan fingerprint density at radius 2 is 1.88 bits per heavy atom. The van der Waals surface area contributed by atoms with E-state index in [1.165, 1.54) is 0 Å². The van der Waals surface area contributed by atoms with Crippen LogP contribution in [0.25, 0.3) is 0 Å².